The van der Waals surface area contributed by atoms with Gasteiger partial charge < -0.3 is 11.1 Å². The molecule has 0 amide bonds. The minimum absolute atomic E-state index is 0.273. The number of rotatable bonds is 7. The van der Waals surface area contributed by atoms with E-state index < -0.39 is 0 Å². The van der Waals surface area contributed by atoms with Crippen molar-refractivity contribution in [2.75, 3.05) is 37.2 Å². The number of fused-ring (bicyclic) bond motifs is 1. The minimum atomic E-state index is 0.273. The van der Waals surface area contributed by atoms with Gasteiger partial charge in [-0.15, -0.1) is 11.3 Å². The maximum atomic E-state index is 5.88. The second-order valence-corrected chi connectivity index (χ2v) is 8.62. The van der Waals surface area contributed by atoms with E-state index in [1.807, 2.05) is 18.2 Å². The Morgan fingerprint density at radius 2 is 2.00 bits per heavy atom. The zero-order valence-corrected chi connectivity index (χ0v) is 18.0. The van der Waals surface area contributed by atoms with Crippen molar-refractivity contribution >= 4 is 33.3 Å². The first-order valence-electron chi connectivity index (χ1n) is 10.6. The average Bonchev–Trinajstić information content (AvgIpc) is 3.47. The van der Waals surface area contributed by atoms with Crippen LogP contribution in [0.2, 0.25) is 0 Å². The molecule has 8 heteroatoms. The number of thiazole rings is 1. The van der Waals surface area contributed by atoms with Crippen molar-refractivity contribution in [2.24, 2.45) is 0 Å². The van der Waals surface area contributed by atoms with Gasteiger partial charge in [-0.25, -0.2) is 15.0 Å². The van der Waals surface area contributed by atoms with Crippen molar-refractivity contribution in [2.45, 2.75) is 12.8 Å². The highest BCUT2D eigenvalue weighted by Gasteiger charge is 2.13. The number of hydrazine groups is 1. The van der Waals surface area contributed by atoms with E-state index in [0.29, 0.717) is 0 Å². The van der Waals surface area contributed by atoms with Crippen LogP contribution >= 0.6 is 11.3 Å². The Hall–Kier alpha value is -3.07. The molecule has 0 unspecified atom stereocenters. The van der Waals surface area contributed by atoms with E-state index in [4.69, 9.17) is 10.7 Å². The maximum absolute atomic E-state index is 5.88. The van der Waals surface area contributed by atoms with Gasteiger partial charge in [-0.3, -0.25) is 5.43 Å². The van der Waals surface area contributed by atoms with Crippen LogP contribution in [0, 0.1) is 0 Å². The van der Waals surface area contributed by atoms with Gasteiger partial charge in [0.2, 0.25) is 5.95 Å². The van der Waals surface area contributed by atoms with Crippen molar-refractivity contribution in [1.82, 2.24) is 25.4 Å². The number of nitrogens with zero attached hydrogens (tertiary/aromatic N) is 4. The number of anilines is 2. The fourth-order valence-electron chi connectivity index (χ4n) is 3.81. The van der Waals surface area contributed by atoms with Gasteiger partial charge >= 0.3 is 0 Å². The average molecular weight is 432 g/mol. The van der Waals surface area contributed by atoms with E-state index >= 15 is 0 Å². The lowest BCUT2D eigenvalue weighted by atomic mass is 10.0. The second kappa shape index (κ2) is 8.97. The Balaban J connectivity index is 1.37. The number of hydrogen-bond donors (Lipinski definition) is 3. The number of nitrogen functional groups attached to an aromatic ring is 1. The summed E-state index contributed by atoms with van der Waals surface area (Å²) in [6, 6.07) is 16.6. The molecular weight excluding hydrogens is 406 g/mol. The number of benzene rings is 2. The van der Waals surface area contributed by atoms with Crippen LogP contribution in [-0.2, 0) is 0 Å². The Kier molecular flexibility index (Phi) is 5.75. The molecule has 0 spiro atoms. The lowest BCUT2D eigenvalue weighted by molar-refractivity contribution is 0.253. The van der Waals surface area contributed by atoms with Crippen LogP contribution in [-0.4, -0.2) is 46.1 Å². The Morgan fingerprint density at radius 3 is 2.87 bits per heavy atom. The lowest BCUT2D eigenvalue weighted by Crippen LogP contribution is -2.32. The van der Waals surface area contributed by atoms with Gasteiger partial charge in [0.05, 0.1) is 10.2 Å². The summed E-state index contributed by atoms with van der Waals surface area (Å²) in [5.74, 6) is 1.04. The molecule has 0 saturated carbocycles. The highest BCUT2D eigenvalue weighted by Crippen LogP contribution is 2.34. The summed E-state index contributed by atoms with van der Waals surface area (Å²) in [5, 5.41) is 6.74. The van der Waals surface area contributed by atoms with Gasteiger partial charge in [-0.05, 0) is 36.6 Å². The highest BCUT2D eigenvalue weighted by molar-refractivity contribution is 7.21. The zero-order valence-electron chi connectivity index (χ0n) is 17.2. The molecule has 5 rings (SSSR count). The first kappa shape index (κ1) is 19.9. The number of para-hydroxylation sites is 1. The SMILES string of the molecule is Nc1ncc(-c2cccc(-c3nc4ccccc4s3)c2)c(NCCCN2CCCN2)n1. The summed E-state index contributed by atoms with van der Waals surface area (Å²) in [6.45, 7) is 4.02. The smallest absolute Gasteiger partial charge is 0.221 e. The van der Waals surface area contributed by atoms with E-state index in [9.17, 15) is 0 Å². The molecule has 0 radical (unpaired) electrons. The second-order valence-electron chi connectivity index (χ2n) is 7.59. The Bertz CT molecular complexity index is 1150. The summed E-state index contributed by atoms with van der Waals surface area (Å²) in [5.41, 5.74) is 13.4. The van der Waals surface area contributed by atoms with Gasteiger partial charge in [0.25, 0.3) is 0 Å². The first-order valence-corrected chi connectivity index (χ1v) is 11.4. The van der Waals surface area contributed by atoms with Gasteiger partial charge in [-0.2, -0.15) is 4.98 Å². The summed E-state index contributed by atoms with van der Waals surface area (Å²) in [6.07, 6.45) is 4.03. The Labute approximate surface area is 185 Å². The monoisotopic (exact) mass is 431 g/mol. The van der Waals surface area contributed by atoms with E-state index in [1.54, 1.807) is 17.5 Å². The molecule has 0 bridgehead atoms. The van der Waals surface area contributed by atoms with Crippen LogP contribution < -0.4 is 16.5 Å². The topological polar surface area (TPSA) is 92.0 Å². The van der Waals surface area contributed by atoms with Crippen molar-refractivity contribution < 1.29 is 0 Å². The van der Waals surface area contributed by atoms with Crippen LogP contribution in [0.15, 0.2) is 54.7 Å². The van der Waals surface area contributed by atoms with Gasteiger partial charge in [-0.1, -0.05) is 30.3 Å². The van der Waals surface area contributed by atoms with Gasteiger partial charge in [0.15, 0.2) is 0 Å². The van der Waals surface area contributed by atoms with Crippen LogP contribution in [0.5, 0.6) is 0 Å². The zero-order chi connectivity index (χ0) is 21.0. The molecule has 1 fully saturated rings. The molecular formula is C23H25N7S. The molecule has 31 heavy (non-hydrogen) atoms. The molecule has 3 heterocycles. The van der Waals surface area contributed by atoms with E-state index in [-0.39, 0.29) is 5.95 Å². The van der Waals surface area contributed by atoms with Crippen molar-refractivity contribution in [3.05, 3.63) is 54.7 Å². The fourth-order valence-corrected chi connectivity index (χ4v) is 4.77. The Morgan fingerprint density at radius 1 is 1.10 bits per heavy atom. The van der Waals surface area contributed by atoms with Crippen LogP contribution in [0.3, 0.4) is 0 Å². The predicted molar refractivity (Wildman–Crippen MR) is 128 cm³/mol. The third-order valence-corrected chi connectivity index (χ3v) is 6.44. The minimum Gasteiger partial charge on any atom is -0.369 e. The fraction of sp³-hybridized carbons (Fsp3) is 0.261. The highest BCUT2D eigenvalue weighted by atomic mass is 32.1. The normalized spacial score (nSPS) is 14.3. The summed E-state index contributed by atoms with van der Waals surface area (Å²) < 4.78 is 1.19. The van der Waals surface area contributed by atoms with E-state index in [0.717, 1.165) is 65.6 Å². The molecule has 7 nitrogen and oxygen atoms in total. The van der Waals surface area contributed by atoms with Crippen LogP contribution in [0.1, 0.15) is 12.8 Å². The quantitative estimate of drug-likeness (QED) is 0.381. The molecule has 2 aromatic carbocycles. The molecule has 1 aliphatic rings. The maximum Gasteiger partial charge on any atom is 0.221 e. The first-order chi connectivity index (χ1) is 15.3. The molecule has 0 aliphatic carbocycles. The standard InChI is InChI=1S/C23H25N7S/c24-23-26-15-18(21(29-23)25-10-4-12-30-13-5-11-27-30)16-6-3-7-17(14-16)22-28-19-8-1-2-9-20(19)31-22/h1-3,6-9,14-15,27H,4-5,10-13H2,(H3,24,25,26,29). The molecule has 1 aliphatic heterocycles. The van der Waals surface area contributed by atoms with Crippen LogP contribution in [0.25, 0.3) is 31.9 Å². The number of nitrogens with two attached hydrogens (primary N) is 1. The van der Waals surface area contributed by atoms with Gasteiger partial charge in [0, 0.05) is 43.5 Å². The predicted octanol–water partition coefficient (Wildman–Crippen LogP) is 4.01. The molecule has 0 atom stereocenters. The third-order valence-electron chi connectivity index (χ3n) is 5.36. The molecule has 1 saturated heterocycles. The summed E-state index contributed by atoms with van der Waals surface area (Å²) >= 11 is 1.70. The molecule has 158 valence electrons. The summed E-state index contributed by atoms with van der Waals surface area (Å²) in [4.78, 5) is 13.5. The molecule has 2 aromatic heterocycles. The van der Waals surface area contributed by atoms with Gasteiger partial charge in [0.1, 0.15) is 10.8 Å². The number of nitrogens with one attached hydrogen (secondary N) is 2. The molecule has 4 aromatic rings. The largest absolute Gasteiger partial charge is 0.369 e. The van der Waals surface area contributed by atoms with Crippen LogP contribution in [0.4, 0.5) is 11.8 Å². The van der Waals surface area contributed by atoms with Crippen molar-refractivity contribution in [3.8, 4) is 21.7 Å². The summed E-state index contributed by atoms with van der Waals surface area (Å²) in [7, 11) is 0. The number of hydrogen-bond acceptors (Lipinski definition) is 8. The molecule has 4 N–H and O–H groups in total. The van der Waals surface area contributed by atoms with Crippen molar-refractivity contribution in [1.29, 1.82) is 0 Å². The number of aromatic nitrogens is 3. The van der Waals surface area contributed by atoms with E-state index in [1.165, 1.54) is 11.1 Å². The van der Waals surface area contributed by atoms with Crippen molar-refractivity contribution in [3.63, 3.8) is 0 Å². The lowest BCUT2D eigenvalue weighted by Gasteiger charge is -2.16. The third kappa shape index (κ3) is 4.51. The van der Waals surface area contributed by atoms with E-state index in [2.05, 4.69) is 56.1 Å².